The Bertz CT molecular complexity index is 406. The largest absolute Gasteiger partial charge is 0.398 e. The van der Waals surface area contributed by atoms with Gasteiger partial charge in [-0.05, 0) is 31.9 Å². The van der Waals surface area contributed by atoms with Gasteiger partial charge in [-0.15, -0.1) is 0 Å². The number of pyridine rings is 1. The Morgan fingerprint density at radius 1 is 1.53 bits per heavy atom. The Morgan fingerprint density at radius 2 is 2.29 bits per heavy atom. The summed E-state index contributed by atoms with van der Waals surface area (Å²) >= 11 is 0. The molecule has 1 fully saturated rings. The van der Waals surface area contributed by atoms with E-state index in [1.54, 1.807) is 0 Å². The molecule has 2 rings (SSSR count). The van der Waals surface area contributed by atoms with Gasteiger partial charge in [-0.2, -0.15) is 0 Å². The molecule has 4 heteroatoms. The van der Waals surface area contributed by atoms with E-state index in [9.17, 15) is 0 Å². The maximum Gasteiger partial charge on any atom is 0.0674 e. The van der Waals surface area contributed by atoms with Gasteiger partial charge in [0.05, 0.1) is 18.4 Å². The van der Waals surface area contributed by atoms with Gasteiger partial charge in [-0.1, -0.05) is 0 Å². The second-order valence-corrected chi connectivity index (χ2v) is 4.84. The number of nitrogens with zero attached hydrogens (tertiary/aromatic N) is 2. The molecule has 1 aliphatic heterocycles. The molecule has 1 unspecified atom stereocenters. The normalized spacial score (nSPS) is 21.7. The Kier molecular flexibility index (Phi) is 3.64. The average Bonchev–Trinajstić information content (AvgIpc) is 2.30. The molecular weight excluding hydrogens is 214 g/mol. The fraction of sp³-hybridized carbons (Fsp3) is 0.615. The average molecular weight is 235 g/mol. The summed E-state index contributed by atoms with van der Waals surface area (Å²) in [5.74, 6) is 0. The number of aromatic nitrogens is 1. The molecule has 17 heavy (non-hydrogen) atoms. The minimum atomic E-state index is 0.312. The quantitative estimate of drug-likeness (QED) is 0.844. The van der Waals surface area contributed by atoms with Crippen molar-refractivity contribution in [2.24, 2.45) is 0 Å². The molecule has 1 aliphatic rings. The highest BCUT2D eigenvalue weighted by Gasteiger charge is 2.18. The maximum absolute atomic E-state index is 6.03. The molecule has 4 nitrogen and oxygen atoms in total. The summed E-state index contributed by atoms with van der Waals surface area (Å²) in [6.45, 7) is 9.76. The number of ether oxygens (including phenoxy) is 1. The van der Waals surface area contributed by atoms with Crippen LogP contribution < -0.4 is 5.73 Å². The Morgan fingerprint density at radius 3 is 3.00 bits per heavy atom. The summed E-state index contributed by atoms with van der Waals surface area (Å²) in [5.41, 5.74) is 10.2. The van der Waals surface area contributed by atoms with Crippen LogP contribution in [0.3, 0.4) is 0 Å². The molecule has 0 radical (unpaired) electrons. The molecule has 1 saturated heterocycles. The highest BCUT2D eigenvalue weighted by atomic mass is 16.5. The fourth-order valence-corrected chi connectivity index (χ4v) is 2.20. The van der Waals surface area contributed by atoms with E-state index in [1.807, 2.05) is 13.1 Å². The number of rotatable bonds is 2. The molecular formula is C13H21N3O. The van der Waals surface area contributed by atoms with E-state index >= 15 is 0 Å². The van der Waals surface area contributed by atoms with Crippen molar-refractivity contribution in [3.63, 3.8) is 0 Å². The van der Waals surface area contributed by atoms with Gasteiger partial charge in [0, 0.05) is 31.5 Å². The molecule has 0 aromatic carbocycles. The zero-order valence-corrected chi connectivity index (χ0v) is 10.9. The van der Waals surface area contributed by atoms with Crippen molar-refractivity contribution < 1.29 is 4.74 Å². The summed E-state index contributed by atoms with van der Waals surface area (Å²) in [6.07, 6.45) is 2.17. The van der Waals surface area contributed by atoms with Crippen molar-refractivity contribution in [2.75, 3.05) is 25.4 Å². The summed E-state index contributed by atoms with van der Waals surface area (Å²) in [4.78, 5) is 6.87. The van der Waals surface area contributed by atoms with Crippen molar-refractivity contribution in [3.8, 4) is 0 Å². The topological polar surface area (TPSA) is 51.4 Å². The number of nitrogen functional groups attached to an aromatic ring is 1. The SMILES string of the molecule is Cc1cnc(CN2CCOC(C)C2)c(C)c1N. The van der Waals surface area contributed by atoms with Gasteiger partial charge in [0.1, 0.15) is 0 Å². The monoisotopic (exact) mass is 235 g/mol. The predicted molar refractivity (Wildman–Crippen MR) is 68.8 cm³/mol. The van der Waals surface area contributed by atoms with Crippen LogP contribution in [0.25, 0.3) is 0 Å². The maximum atomic E-state index is 6.03. The molecule has 94 valence electrons. The molecule has 2 N–H and O–H groups in total. The summed E-state index contributed by atoms with van der Waals surface area (Å²) in [7, 11) is 0. The zero-order valence-electron chi connectivity index (χ0n) is 10.9. The van der Waals surface area contributed by atoms with E-state index in [2.05, 4.69) is 23.7 Å². The minimum absolute atomic E-state index is 0.312. The number of morpholine rings is 1. The van der Waals surface area contributed by atoms with Crippen molar-refractivity contribution in [1.29, 1.82) is 0 Å². The zero-order chi connectivity index (χ0) is 12.4. The second-order valence-electron chi connectivity index (χ2n) is 4.84. The first-order valence-corrected chi connectivity index (χ1v) is 6.12. The van der Waals surface area contributed by atoms with Gasteiger partial charge < -0.3 is 10.5 Å². The second kappa shape index (κ2) is 5.02. The summed E-state index contributed by atoms with van der Waals surface area (Å²) < 4.78 is 5.53. The molecule has 0 amide bonds. The summed E-state index contributed by atoms with van der Waals surface area (Å²) in [5, 5.41) is 0. The van der Waals surface area contributed by atoms with Crippen molar-refractivity contribution >= 4 is 5.69 Å². The number of hydrogen-bond donors (Lipinski definition) is 1. The molecule has 2 heterocycles. The van der Waals surface area contributed by atoms with Crippen molar-refractivity contribution in [1.82, 2.24) is 9.88 Å². The molecule has 1 aromatic heterocycles. The van der Waals surface area contributed by atoms with Crippen LogP contribution in [0.4, 0.5) is 5.69 Å². The third-order valence-corrected chi connectivity index (χ3v) is 3.37. The van der Waals surface area contributed by atoms with E-state index in [0.717, 1.165) is 48.7 Å². The molecule has 0 saturated carbocycles. The molecule has 1 aromatic rings. The fourth-order valence-electron chi connectivity index (χ4n) is 2.20. The van der Waals surface area contributed by atoms with E-state index in [-0.39, 0.29) is 0 Å². The van der Waals surface area contributed by atoms with Gasteiger partial charge in [-0.25, -0.2) is 0 Å². The van der Waals surface area contributed by atoms with Crippen LogP contribution in [0.1, 0.15) is 23.7 Å². The van der Waals surface area contributed by atoms with Crippen LogP contribution in [-0.2, 0) is 11.3 Å². The van der Waals surface area contributed by atoms with Crippen LogP contribution in [0, 0.1) is 13.8 Å². The Balaban J connectivity index is 2.10. The first kappa shape index (κ1) is 12.3. The smallest absolute Gasteiger partial charge is 0.0674 e. The van der Waals surface area contributed by atoms with Crippen LogP contribution in [0.5, 0.6) is 0 Å². The number of hydrogen-bond acceptors (Lipinski definition) is 4. The number of nitrogens with two attached hydrogens (primary N) is 1. The van der Waals surface area contributed by atoms with E-state index in [4.69, 9.17) is 10.5 Å². The third-order valence-electron chi connectivity index (χ3n) is 3.37. The lowest BCUT2D eigenvalue weighted by molar-refractivity contribution is -0.0216. The van der Waals surface area contributed by atoms with Gasteiger partial charge in [0.15, 0.2) is 0 Å². The molecule has 0 aliphatic carbocycles. The highest BCUT2D eigenvalue weighted by molar-refractivity contribution is 5.53. The first-order chi connectivity index (χ1) is 8.08. The van der Waals surface area contributed by atoms with E-state index in [1.165, 1.54) is 0 Å². The molecule has 0 spiro atoms. The first-order valence-electron chi connectivity index (χ1n) is 6.12. The van der Waals surface area contributed by atoms with Crippen molar-refractivity contribution in [3.05, 3.63) is 23.0 Å². The Hall–Kier alpha value is -1.13. The lowest BCUT2D eigenvalue weighted by Gasteiger charge is -2.31. The highest BCUT2D eigenvalue weighted by Crippen LogP contribution is 2.19. The van der Waals surface area contributed by atoms with Gasteiger partial charge in [0.25, 0.3) is 0 Å². The van der Waals surface area contributed by atoms with Crippen LogP contribution in [0.15, 0.2) is 6.20 Å². The standard InChI is InChI=1S/C13H21N3O/c1-9-6-15-12(11(3)13(9)14)8-16-4-5-17-10(2)7-16/h6,10H,4-5,7-8H2,1-3H3,(H2,14,15). The molecule has 0 bridgehead atoms. The minimum Gasteiger partial charge on any atom is -0.398 e. The van der Waals surface area contributed by atoms with Crippen molar-refractivity contribution in [2.45, 2.75) is 33.4 Å². The van der Waals surface area contributed by atoms with Gasteiger partial charge in [0.2, 0.25) is 0 Å². The number of anilines is 1. The molecule has 1 atom stereocenters. The Labute approximate surface area is 103 Å². The predicted octanol–water partition coefficient (Wildman–Crippen LogP) is 1.50. The van der Waals surface area contributed by atoms with Gasteiger partial charge >= 0.3 is 0 Å². The summed E-state index contributed by atoms with van der Waals surface area (Å²) in [6, 6.07) is 0. The lowest BCUT2D eigenvalue weighted by Crippen LogP contribution is -2.40. The van der Waals surface area contributed by atoms with E-state index < -0.39 is 0 Å². The van der Waals surface area contributed by atoms with Crippen LogP contribution >= 0.6 is 0 Å². The number of aryl methyl sites for hydroxylation is 1. The van der Waals surface area contributed by atoms with E-state index in [0.29, 0.717) is 6.10 Å². The van der Waals surface area contributed by atoms with Gasteiger partial charge in [-0.3, -0.25) is 9.88 Å². The third kappa shape index (κ3) is 2.76. The van der Waals surface area contributed by atoms with Crippen LogP contribution in [0.2, 0.25) is 0 Å². The lowest BCUT2D eigenvalue weighted by atomic mass is 10.1. The van der Waals surface area contributed by atoms with Crippen LogP contribution in [-0.4, -0.2) is 35.7 Å².